The van der Waals surface area contributed by atoms with Gasteiger partial charge in [0.25, 0.3) is 5.56 Å². The van der Waals surface area contributed by atoms with Crippen molar-refractivity contribution in [3.63, 3.8) is 0 Å². The predicted molar refractivity (Wildman–Crippen MR) is 94.4 cm³/mol. The molecule has 2 heterocycles. The second-order valence-corrected chi connectivity index (χ2v) is 6.53. The first kappa shape index (κ1) is 18.1. The molecule has 3 rings (SSSR count). The molecule has 0 saturated carbocycles. The Morgan fingerprint density at radius 2 is 2.08 bits per heavy atom. The predicted octanol–water partition coefficient (Wildman–Crippen LogP) is 2.16. The van der Waals surface area contributed by atoms with E-state index in [4.69, 9.17) is 4.74 Å². The van der Waals surface area contributed by atoms with Crippen LogP contribution in [0.25, 0.3) is 0 Å². The minimum atomic E-state index is -0.288. The molecule has 1 aliphatic heterocycles. The summed E-state index contributed by atoms with van der Waals surface area (Å²) in [6.45, 7) is 1.93. The number of likely N-dealkylation sites (tertiary alicyclic amines) is 1. The third kappa shape index (κ3) is 5.15. The lowest BCUT2D eigenvalue weighted by atomic mass is 9.98. The lowest BCUT2D eigenvalue weighted by Gasteiger charge is -2.32. The summed E-state index contributed by atoms with van der Waals surface area (Å²) in [6.07, 6.45) is 2.82. The molecule has 1 aliphatic rings. The molecule has 1 amide bonds. The number of carbonyl (C=O) groups is 1. The number of aryl methyl sites for hydroxylation is 1. The van der Waals surface area contributed by atoms with Gasteiger partial charge in [-0.2, -0.15) is 5.10 Å². The van der Waals surface area contributed by atoms with Gasteiger partial charge in [-0.3, -0.25) is 9.59 Å². The van der Waals surface area contributed by atoms with Crippen LogP contribution in [0.4, 0.5) is 4.39 Å². The fourth-order valence-corrected chi connectivity index (χ4v) is 3.08. The molecule has 138 valence electrons. The summed E-state index contributed by atoms with van der Waals surface area (Å²) in [5.74, 6) is 0.705. The summed E-state index contributed by atoms with van der Waals surface area (Å²) in [6, 6.07) is 9.02. The fourth-order valence-electron chi connectivity index (χ4n) is 3.08. The zero-order chi connectivity index (χ0) is 18.4. The third-order valence-corrected chi connectivity index (χ3v) is 4.50. The quantitative estimate of drug-likeness (QED) is 0.858. The molecule has 0 aliphatic carbocycles. The topological polar surface area (TPSA) is 75.3 Å². The summed E-state index contributed by atoms with van der Waals surface area (Å²) in [4.78, 5) is 25.3. The molecule has 0 radical (unpaired) electrons. The second kappa shape index (κ2) is 8.60. The highest BCUT2D eigenvalue weighted by Crippen LogP contribution is 2.20. The van der Waals surface area contributed by atoms with E-state index in [1.165, 1.54) is 18.2 Å². The minimum Gasteiger partial charge on any atom is -0.493 e. The molecule has 2 aromatic rings. The van der Waals surface area contributed by atoms with Crippen LogP contribution in [0.15, 0.2) is 41.2 Å². The second-order valence-electron chi connectivity index (χ2n) is 6.53. The molecule has 0 unspecified atom stereocenters. The number of amides is 1. The summed E-state index contributed by atoms with van der Waals surface area (Å²) in [5, 5.41) is 6.30. The maximum atomic E-state index is 12.9. The Kier molecular flexibility index (Phi) is 5.99. The number of rotatable bonds is 6. The number of ether oxygens (including phenoxy) is 1. The Bertz CT molecular complexity index is 771. The van der Waals surface area contributed by atoms with Crippen LogP contribution in [0.1, 0.15) is 25.0 Å². The number of aromatic nitrogens is 2. The van der Waals surface area contributed by atoms with Crippen LogP contribution in [0.3, 0.4) is 0 Å². The standard InChI is InChI=1S/C19H22FN3O3/c20-15-3-7-17(8-4-15)26-13-14-2-1-11-23(12-14)19(25)10-6-16-5-9-18(24)22-21-16/h3-5,7-9,14H,1-2,6,10-13H2,(H,22,24)/t14-/m0/s1. The molecule has 1 atom stereocenters. The van der Waals surface area contributed by atoms with Crippen LogP contribution >= 0.6 is 0 Å². The van der Waals surface area contributed by atoms with Gasteiger partial charge in [0.15, 0.2) is 0 Å². The molecule has 1 aromatic heterocycles. The van der Waals surface area contributed by atoms with Gasteiger partial charge in [-0.25, -0.2) is 9.49 Å². The molecule has 0 spiro atoms. The van der Waals surface area contributed by atoms with Crippen LogP contribution < -0.4 is 10.3 Å². The number of benzene rings is 1. The van der Waals surface area contributed by atoms with Gasteiger partial charge in [-0.05, 0) is 43.2 Å². The van der Waals surface area contributed by atoms with Gasteiger partial charge in [0, 0.05) is 37.9 Å². The largest absolute Gasteiger partial charge is 0.493 e. The maximum absolute atomic E-state index is 12.9. The van der Waals surface area contributed by atoms with E-state index in [1.54, 1.807) is 18.2 Å². The molecule has 1 fully saturated rings. The highest BCUT2D eigenvalue weighted by molar-refractivity contribution is 5.76. The number of nitrogens with one attached hydrogen (secondary N) is 1. The first-order chi connectivity index (χ1) is 12.6. The van der Waals surface area contributed by atoms with E-state index in [-0.39, 0.29) is 23.2 Å². The average Bonchev–Trinajstić information content (AvgIpc) is 2.67. The minimum absolute atomic E-state index is 0.0875. The zero-order valence-corrected chi connectivity index (χ0v) is 14.5. The van der Waals surface area contributed by atoms with Crippen molar-refractivity contribution >= 4 is 5.91 Å². The van der Waals surface area contributed by atoms with Crippen molar-refractivity contribution in [2.75, 3.05) is 19.7 Å². The van der Waals surface area contributed by atoms with E-state index >= 15 is 0 Å². The lowest BCUT2D eigenvalue weighted by Crippen LogP contribution is -2.41. The molecule has 6 nitrogen and oxygen atoms in total. The van der Waals surface area contributed by atoms with E-state index in [0.29, 0.717) is 37.4 Å². The van der Waals surface area contributed by atoms with Gasteiger partial charge in [0.2, 0.25) is 5.91 Å². The van der Waals surface area contributed by atoms with Gasteiger partial charge in [-0.15, -0.1) is 0 Å². The number of hydrogen-bond donors (Lipinski definition) is 1. The molecule has 1 N–H and O–H groups in total. The van der Waals surface area contributed by atoms with Crippen LogP contribution in [0.5, 0.6) is 5.75 Å². The Morgan fingerprint density at radius 3 is 2.81 bits per heavy atom. The number of piperidine rings is 1. The van der Waals surface area contributed by atoms with Crippen LogP contribution in [0, 0.1) is 11.7 Å². The van der Waals surface area contributed by atoms with Gasteiger partial charge in [-0.1, -0.05) is 0 Å². The van der Waals surface area contributed by atoms with Crippen molar-refractivity contribution in [1.29, 1.82) is 0 Å². The number of halogens is 1. The van der Waals surface area contributed by atoms with E-state index in [0.717, 1.165) is 19.4 Å². The Labute approximate surface area is 151 Å². The van der Waals surface area contributed by atoms with Gasteiger partial charge < -0.3 is 9.64 Å². The summed E-state index contributed by atoms with van der Waals surface area (Å²) >= 11 is 0. The van der Waals surface area contributed by atoms with E-state index < -0.39 is 0 Å². The van der Waals surface area contributed by atoms with E-state index in [2.05, 4.69) is 10.2 Å². The molecule has 1 saturated heterocycles. The van der Waals surface area contributed by atoms with Crippen molar-refractivity contribution < 1.29 is 13.9 Å². The first-order valence-electron chi connectivity index (χ1n) is 8.81. The van der Waals surface area contributed by atoms with Gasteiger partial charge in [0.05, 0.1) is 12.3 Å². The highest BCUT2D eigenvalue weighted by atomic mass is 19.1. The van der Waals surface area contributed by atoms with E-state index in [1.807, 2.05) is 4.90 Å². The Balaban J connectivity index is 1.46. The lowest BCUT2D eigenvalue weighted by molar-refractivity contribution is -0.133. The van der Waals surface area contributed by atoms with Crippen molar-refractivity contribution in [2.45, 2.75) is 25.7 Å². The number of H-pyrrole nitrogens is 1. The van der Waals surface area contributed by atoms with E-state index in [9.17, 15) is 14.0 Å². The fraction of sp³-hybridized carbons (Fsp3) is 0.421. The Morgan fingerprint density at radius 1 is 1.27 bits per heavy atom. The molecular weight excluding hydrogens is 337 g/mol. The van der Waals surface area contributed by atoms with Crippen molar-refractivity contribution in [3.8, 4) is 5.75 Å². The van der Waals surface area contributed by atoms with Crippen molar-refractivity contribution in [1.82, 2.24) is 15.1 Å². The SMILES string of the molecule is O=C(CCc1ccc(=O)[nH]n1)N1CCC[C@H](COc2ccc(F)cc2)C1. The number of hydrogen-bond acceptors (Lipinski definition) is 4. The third-order valence-electron chi connectivity index (χ3n) is 4.50. The normalized spacial score (nSPS) is 17.1. The van der Waals surface area contributed by atoms with Crippen molar-refractivity contribution in [3.05, 3.63) is 58.3 Å². The molecule has 1 aromatic carbocycles. The smallest absolute Gasteiger partial charge is 0.264 e. The molecule has 0 bridgehead atoms. The van der Waals surface area contributed by atoms with Crippen molar-refractivity contribution in [2.24, 2.45) is 5.92 Å². The van der Waals surface area contributed by atoms with Gasteiger partial charge >= 0.3 is 0 Å². The number of aromatic amines is 1. The summed E-state index contributed by atoms with van der Waals surface area (Å²) in [5.41, 5.74) is 0.450. The monoisotopic (exact) mass is 359 g/mol. The molecular formula is C19H22FN3O3. The van der Waals surface area contributed by atoms with Crippen LogP contribution in [-0.4, -0.2) is 40.7 Å². The summed E-state index contributed by atoms with van der Waals surface area (Å²) in [7, 11) is 0. The van der Waals surface area contributed by atoms with Gasteiger partial charge in [0.1, 0.15) is 11.6 Å². The molecule has 26 heavy (non-hydrogen) atoms. The van der Waals surface area contributed by atoms with Crippen LogP contribution in [0.2, 0.25) is 0 Å². The highest BCUT2D eigenvalue weighted by Gasteiger charge is 2.24. The Hall–Kier alpha value is -2.70. The zero-order valence-electron chi connectivity index (χ0n) is 14.5. The number of carbonyl (C=O) groups excluding carboxylic acids is 1. The molecule has 7 heteroatoms. The first-order valence-corrected chi connectivity index (χ1v) is 8.81. The maximum Gasteiger partial charge on any atom is 0.264 e. The number of nitrogens with zero attached hydrogens (tertiary/aromatic N) is 2. The van der Waals surface area contributed by atoms with Crippen LogP contribution in [-0.2, 0) is 11.2 Å². The average molecular weight is 359 g/mol. The summed E-state index contributed by atoms with van der Waals surface area (Å²) < 4.78 is 18.6.